The number of benzene rings is 1. The fourth-order valence-electron chi connectivity index (χ4n) is 1.29. The normalized spacial score (nSPS) is 10.4. The number of aromatic nitrogens is 2. The predicted molar refractivity (Wildman–Crippen MR) is 58.1 cm³/mol. The molecule has 2 aromatic rings. The van der Waals surface area contributed by atoms with E-state index in [9.17, 15) is 4.79 Å². The van der Waals surface area contributed by atoms with E-state index in [1.807, 2.05) is 0 Å². The van der Waals surface area contributed by atoms with Crippen molar-refractivity contribution >= 4 is 28.5 Å². The van der Waals surface area contributed by atoms with Gasteiger partial charge in [-0.25, -0.2) is 14.8 Å². The number of fused-ring (bicyclic) bond motifs is 1. The summed E-state index contributed by atoms with van der Waals surface area (Å²) in [5.41, 5.74) is 0.441. The van der Waals surface area contributed by atoms with Crippen molar-refractivity contribution in [2.24, 2.45) is 0 Å². The monoisotopic (exact) mass is 238 g/mol. The van der Waals surface area contributed by atoms with Gasteiger partial charge in [0.05, 0.1) is 12.6 Å². The van der Waals surface area contributed by atoms with E-state index in [0.29, 0.717) is 16.7 Å². The minimum atomic E-state index is -1.22. The predicted octanol–water partition coefficient (Wildman–Crippen LogP) is 1.99. The first-order chi connectivity index (χ1) is 7.61. The van der Waals surface area contributed by atoms with Crippen molar-refractivity contribution < 1.29 is 14.6 Å². The maximum absolute atomic E-state index is 10.7. The van der Waals surface area contributed by atoms with E-state index in [-0.39, 0.29) is 11.0 Å². The molecule has 0 fully saturated rings. The first-order valence-electron chi connectivity index (χ1n) is 4.36. The summed E-state index contributed by atoms with van der Waals surface area (Å²) in [7, 11) is 1.52. The summed E-state index contributed by atoms with van der Waals surface area (Å²) in [6.07, 6.45) is 0. The maximum Gasteiger partial charge on any atom is 0.374 e. The summed E-state index contributed by atoms with van der Waals surface area (Å²) >= 11 is 5.85. The Morgan fingerprint density at radius 2 is 2.19 bits per heavy atom. The Bertz CT molecular complexity index is 571. The lowest BCUT2D eigenvalue weighted by Crippen LogP contribution is -2.04. The summed E-state index contributed by atoms with van der Waals surface area (Å²) in [5.74, 6) is -0.962. The SMILES string of the molecule is COc1ccc2c(Cl)nc(C(=O)O)nc2c1. The van der Waals surface area contributed by atoms with E-state index < -0.39 is 5.97 Å². The van der Waals surface area contributed by atoms with Gasteiger partial charge in [0.25, 0.3) is 0 Å². The number of carboxylic acids is 1. The lowest BCUT2D eigenvalue weighted by molar-refractivity contribution is 0.0684. The topological polar surface area (TPSA) is 72.3 Å². The van der Waals surface area contributed by atoms with Crippen LogP contribution in [0.3, 0.4) is 0 Å². The third-order valence-electron chi connectivity index (χ3n) is 2.05. The van der Waals surface area contributed by atoms with Gasteiger partial charge in [0.2, 0.25) is 5.82 Å². The van der Waals surface area contributed by atoms with Crippen molar-refractivity contribution in [3.63, 3.8) is 0 Å². The number of methoxy groups -OCH3 is 1. The van der Waals surface area contributed by atoms with Crippen LogP contribution in [0.5, 0.6) is 5.75 Å². The van der Waals surface area contributed by atoms with Gasteiger partial charge in [-0.3, -0.25) is 0 Å². The second-order valence-corrected chi connectivity index (χ2v) is 3.38. The number of ether oxygens (including phenoxy) is 1. The molecule has 1 heterocycles. The lowest BCUT2D eigenvalue weighted by atomic mass is 10.2. The highest BCUT2D eigenvalue weighted by Gasteiger charge is 2.11. The molecule has 0 saturated heterocycles. The number of halogens is 1. The average Bonchev–Trinajstić information content (AvgIpc) is 2.28. The van der Waals surface area contributed by atoms with Crippen LogP contribution in [0.4, 0.5) is 0 Å². The molecule has 0 spiro atoms. The second-order valence-electron chi connectivity index (χ2n) is 3.03. The van der Waals surface area contributed by atoms with Crippen molar-refractivity contribution in [3.05, 3.63) is 29.2 Å². The number of rotatable bonds is 2. The summed E-state index contributed by atoms with van der Waals surface area (Å²) in [4.78, 5) is 18.3. The minimum absolute atomic E-state index is 0.116. The molecule has 6 heteroatoms. The average molecular weight is 239 g/mol. The van der Waals surface area contributed by atoms with E-state index >= 15 is 0 Å². The van der Waals surface area contributed by atoms with Crippen molar-refractivity contribution in [2.75, 3.05) is 7.11 Å². The highest BCUT2D eigenvalue weighted by Crippen LogP contribution is 2.24. The minimum Gasteiger partial charge on any atom is -0.497 e. The summed E-state index contributed by atoms with van der Waals surface area (Å²) < 4.78 is 5.01. The zero-order valence-electron chi connectivity index (χ0n) is 8.27. The van der Waals surface area contributed by atoms with Crippen molar-refractivity contribution in [1.82, 2.24) is 9.97 Å². The highest BCUT2D eigenvalue weighted by atomic mass is 35.5. The first kappa shape index (κ1) is 10.6. The number of aromatic carboxylic acids is 1. The number of hydrogen-bond donors (Lipinski definition) is 1. The fraction of sp³-hybridized carbons (Fsp3) is 0.100. The molecule has 0 aliphatic carbocycles. The van der Waals surface area contributed by atoms with Gasteiger partial charge >= 0.3 is 5.97 Å². The molecule has 1 aromatic heterocycles. The summed E-state index contributed by atoms with van der Waals surface area (Å²) in [6, 6.07) is 5.00. The van der Waals surface area contributed by atoms with E-state index in [1.165, 1.54) is 7.11 Å². The third kappa shape index (κ3) is 1.77. The van der Waals surface area contributed by atoms with Crippen molar-refractivity contribution in [1.29, 1.82) is 0 Å². The third-order valence-corrected chi connectivity index (χ3v) is 2.34. The molecule has 0 bridgehead atoms. The Kier molecular flexibility index (Phi) is 2.62. The van der Waals surface area contributed by atoms with Gasteiger partial charge in [0, 0.05) is 11.5 Å². The van der Waals surface area contributed by atoms with Gasteiger partial charge in [-0.05, 0) is 12.1 Å². The lowest BCUT2D eigenvalue weighted by Gasteiger charge is -2.03. The van der Waals surface area contributed by atoms with E-state index in [0.717, 1.165) is 0 Å². The van der Waals surface area contributed by atoms with Crippen molar-refractivity contribution in [2.45, 2.75) is 0 Å². The maximum atomic E-state index is 10.7. The highest BCUT2D eigenvalue weighted by molar-refractivity contribution is 6.34. The number of hydrogen-bond acceptors (Lipinski definition) is 4. The van der Waals surface area contributed by atoms with Crippen LogP contribution in [0.25, 0.3) is 10.9 Å². The molecule has 5 nitrogen and oxygen atoms in total. The van der Waals surface area contributed by atoms with Crippen LogP contribution in [-0.2, 0) is 0 Å². The molecule has 1 aromatic carbocycles. The molecule has 0 saturated carbocycles. The van der Waals surface area contributed by atoms with Gasteiger partial charge in [-0.2, -0.15) is 0 Å². The molecule has 0 aliphatic rings. The molecule has 2 rings (SSSR count). The number of nitrogens with zero attached hydrogens (tertiary/aromatic N) is 2. The van der Waals surface area contributed by atoms with Crippen LogP contribution in [0.15, 0.2) is 18.2 Å². The molecule has 0 atom stereocenters. The first-order valence-corrected chi connectivity index (χ1v) is 4.74. The summed E-state index contributed by atoms with van der Waals surface area (Å²) in [5, 5.41) is 9.49. The summed E-state index contributed by atoms with van der Waals surface area (Å²) in [6.45, 7) is 0. The van der Waals surface area contributed by atoms with E-state index in [4.69, 9.17) is 21.4 Å². The van der Waals surface area contributed by atoms with Crippen LogP contribution in [0.2, 0.25) is 5.15 Å². The van der Waals surface area contributed by atoms with Gasteiger partial charge in [0.15, 0.2) is 0 Å². The fourth-order valence-corrected chi connectivity index (χ4v) is 1.53. The van der Waals surface area contributed by atoms with Gasteiger partial charge in [0.1, 0.15) is 10.9 Å². The smallest absolute Gasteiger partial charge is 0.374 e. The van der Waals surface area contributed by atoms with Crippen LogP contribution in [-0.4, -0.2) is 28.2 Å². The molecule has 0 aliphatic heterocycles. The molecule has 0 unspecified atom stereocenters. The van der Waals surface area contributed by atoms with Gasteiger partial charge in [-0.1, -0.05) is 11.6 Å². The Morgan fingerprint density at radius 3 is 2.81 bits per heavy atom. The Labute approximate surface area is 95.7 Å². The zero-order valence-corrected chi connectivity index (χ0v) is 9.02. The number of carbonyl (C=O) groups is 1. The Balaban J connectivity index is 2.72. The van der Waals surface area contributed by atoms with Gasteiger partial charge < -0.3 is 9.84 Å². The molecule has 1 N–H and O–H groups in total. The Morgan fingerprint density at radius 1 is 1.44 bits per heavy atom. The van der Waals surface area contributed by atoms with Crippen LogP contribution < -0.4 is 4.74 Å². The van der Waals surface area contributed by atoms with Crippen LogP contribution in [0.1, 0.15) is 10.6 Å². The molecule has 16 heavy (non-hydrogen) atoms. The molecule has 82 valence electrons. The second kappa shape index (κ2) is 3.94. The van der Waals surface area contributed by atoms with Crippen LogP contribution >= 0.6 is 11.6 Å². The van der Waals surface area contributed by atoms with E-state index in [1.54, 1.807) is 18.2 Å². The quantitative estimate of drug-likeness (QED) is 0.810. The molecular formula is C10H7ClN2O3. The molecule has 0 radical (unpaired) electrons. The number of carboxylic acid groups (broad SMARTS) is 1. The van der Waals surface area contributed by atoms with Crippen LogP contribution in [0, 0.1) is 0 Å². The zero-order chi connectivity index (χ0) is 11.7. The molecule has 0 amide bonds. The molecular weight excluding hydrogens is 232 g/mol. The largest absolute Gasteiger partial charge is 0.497 e. The van der Waals surface area contributed by atoms with Crippen molar-refractivity contribution in [3.8, 4) is 5.75 Å². The van der Waals surface area contributed by atoms with E-state index in [2.05, 4.69) is 9.97 Å². The standard InChI is InChI=1S/C10H7ClN2O3/c1-16-5-2-3-6-7(4-5)12-9(10(14)15)13-8(6)11/h2-4H,1H3,(H,14,15). The van der Waals surface area contributed by atoms with Gasteiger partial charge in [-0.15, -0.1) is 0 Å². The Hall–Kier alpha value is -1.88.